The van der Waals surface area contributed by atoms with Crippen LogP contribution in [0.15, 0.2) is 95.3 Å². The highest BCUT2D eigenvalue weighted by Crippen LogP contribution is 2.48. The van der Waals surface area contributed by atoms with E-state index in [0.29, 0.717) is 23.3 Å². The van der Waals surface area contributed by atoms with Crippen molar-refractivity contribution in [3.8, 4) is 0 Å². The van der Waals surface area contributed by atoms with Crippen molar-refractivity contribution in [2.45, 2.75) is 39.0 Å². The van der Waals surface area contributed by atoms with Crippen LogP contribution in [-0.2, 0) is 30.9 Å². The number of Topliss-reactive ketones (excluding diaryl/α,β-unsaturated/α-hetero) is 1. The van der Waals surface area contributed by atoms with Crippen molar-refractivity contribution in [1.29, 1.82) is 0 Å². The molecule has 2 aliphatic rings. The third kappa shape index (κ3) is 4.40. The minimum absolute atomic E-state index is 0.169. The average Bonchev–Trinajstić information content (AvgIpc) is 3.28. The number of carbonyl (C=O) groups is 3. The van der Waals surface area contributed by atoms with Crippen molar-refractivity contribution in [3.63, 3.8) is 0 Å². The van der Waals surface area contributed by atoms with Crippen molar-refractivity contribution in [1.82, 2.24) is 9.88 Å². The molecule has 4 aromatic rings. The number of para-hydroxylation sites is 1. The molecule has 7 nitrogen and oxygen atoms in total. The third-order valence-corrected chi connectivity index (χ3v) is 8.55. The first kappa shape index (κ1) is 27.5. The molecule has 0 spiro atoms. The van der Waals surface area contributed by atoms with E-state index < -0.39 is 29.7 Å². The summed E-state index contributed by atoms with van der Waals surface area (Å²) in [4.78, 5) is 41.5. The van der Waals surface area contributed by atoms with Crippen LogP contribution in [0.4, 0.5) is 0 Å². The molecule has 3 atom stereocenters. The van der Waals surface area contributed by atoms with Crippen molar-refractivity contribution < 1.29 is 23.9 Å². The summed E-state index contributed by atoms with van der Waals surface area (Å²) >= 11 is 0. The second kappa shape index (κ2) is 11.0. The van der Waals surface area contributed by atoms with Gasteiger partial charge in [0.05, 0.1) is 18.8 Å². The van der Waals surface area contributed by atoms with E-state index in [0.717, 1.165) is 38.6 Å². The molecular formula is C35H34N2O5. The zero-order valence-corrected chi connectivity index (χ0v) is 24.3. The van der Waals surface area contributed by atoms with E-state index in [1.54, 1.807) is 13.8 Å². The Morgan fingerprint density at radius 3 is 2.31 bits per heavy atom. The molecule has 1 aliphatic heterocycles. The Morgan fingerprint density at radius 2 is 1.57 bits per heavy atom. The maximum absolute atomic E-state index is 14.6. The van der Waals surface area contributed by atoms with Gasteiger partial charge >= 0.3 is 11.9 Å². The molecule has 1 N–H and O–H groups in total. The molecule has 0 unspecified atom stereocenters. The van der Waals surface area contributed by atoms with Crippen LogP contribution in [-0.4, -0.2) is 35.5 Å². The Morgan fingerprint density at radius 1 is 0.881 bits per heavy atom. The number of hydrogen-bond donors (Lipinski definition) is 1. The fourth-order valence-corrected chi connectivity index (χ4v) is 6.73. The third-order valence-electron chi connectivity index (χ3n) is 8.55. The number of ketones is 1. The van der Waals surface area contributed by atoms with Gasteiger partial charge in [-0.15, -0.1) is 0 Å². The number of dihydropyridines is 1. The number of nitrogens with one attached hydrogen (secondary N) is 1. The lowest BCUT2D eigenvalue weighted by Crippen LogP contribution is -2.43. The van der Waals surface area contributed by atoms with Gasteiger partial charge in [0.15, 0.2) is 5.78 Å². The first-order valence-corrected chi connectivity index (χ1v) is 14.5. The molecular weight excluding hydrogens is 528 g/mol. The van der Waals surface area contributed by atoms with E-state index in [1.165, 1.54) is 0 Å². The Labute approximate surface area is 244 Å². The largest absolute Gasteiger partial charge is 0.465 e. The lowest BCUT2D eigenvalue weighted by atomic mass is 9.67. The SMILES string of the molecule is CCOC(=O)C1=C(C)NC2=C(C(=O)[C@H](C(=O)OCC)[C@@H](c3ccccc3)C2)[C@H]1c1ccc2c(c1)c1ccccc1n2C. The summed E-state index contributed by atoms with van der Waals surface area (Å²) in [6.07, 6.45) is 0.426. The van der Waals surface area contributed by atoms with E-state index in [4.69, 9.17) is 9.47 Å². The topological polar surface area (TPSA) is 86.6 Å². The Kier molecular flexibility index (Phi) is 7.19. The van der Waals surface area contributed by atoms with E-state index in [1.807, 2.05) is 68.6 Å². The van der Waals surface area contributed by atoms with E-state index >= 15 is 0 Å². The molecule has 2 heterocycles. The van der Waals surface area contributed by atoms with Gasteiger partial charge in [-0.25, -0.2) is 4.79 Å². The van der Waals surface area contributed by atoms with Crippen LogP contribution in [0, 0.1) is 5.92 Å². The molecule has 7 heteroatoms. The smallest absolute Gasteiger partial charge is 0.336 e. The monoisotopic (exact) mass is 562 g/mol. The number of benzene rings is 3. The van der Waals surface area contributed by atoms with Gasteiger partial charge in [-0.2, -0.15) is 0 Å². The van der Waals surface area contributed by atoms with Crippen molar-refractivity contribution in [3.05, 3.63) is 106 Å². The molecule has 0 fully saturated rings. The van der Waals surface area contributed by atoms with Gasteiger partial charge in [-0.3, -0.25) is 9.59 Å². The van der Waals surface area contributed by atoms with Gasteiger partial charge in [0.2, 0.25) is 0 Å². The summed E-state index contributed by atoms with van der Waals surface area (Å²) in [6.45, 7) is 5.72. The molecule has 6 rings (SSSR count). The number of allylic oxidation sites excluding steroid dienone is 3. The summed E-state index contributed by atoms with van der Waals surface area (Å²) in [7, 11) is 2.03. The second-order valence-corrected chi connectivity index (χ2v) is 10.9. The van der Waals surface area contributed by atoms with Crippen LogP contribution in [0.25, 0.3) is 21.8 Å². The summed E-state index contributed by atoms with van der Waals surface area (Å²) in [6, 6.07) is 23.9. The minimum atomic E-state index is -1.03. The fourth-order valence-electron chi connectivity index (χ4n) is 6.73. The Balaban J connectivity index is 1.57. The highest BCUT2D eigenvalue weighted by molar-refractivity contribution is 6.14. The first-order chi connectivity index (χ1) is 20.3. The molecule has 214 valence electrons. The first-order valence-electron chi connectivity index (χ1n) is 14.5. The number of ether oxygens (including phenoxy) is 2. The quantitative estimate of drug-likeness (QED) is 0.228. The van der Waals surface area contributed by atoms with Crippen LogP contribution in [0.3, 0.4) is 0 Å². The predicted octanol–water partition coefficient (Wildman–Crippen LogP) is 6.05. The van der Waals surface area contributed by atoms with Gasteiger partial charge < -0.3 is 19.4 Å². The molecule has 3 aromatic carbocycles. The zero-order chi connectivity index (χ0) is 29.5. The van der Waals surface area contributed by atoms with Crippen LogP contribution in [0.1, 0.15) is 50.2 Å². The molecule has 42 heavy (non-hydrogen) atoms. The van der Waals surface area contributed by atoms with Gasteiger partial charge in [-0.1, -0.05) is 54.6 Å². The Hall–Kier alpha value is -4.65. The van der Waals surface area contributed by atoms with Crippen LogP contribution >= 0.6 is 0 Å². The number of rotatable bonds is 6. The number of aromatic nitrogens is 1. The average molecular weight is 563 g/mol. The molecule has 0 bridgehead atoms. The van der Waals surface area contributed by atoms with Crippen LogP contribution in [0.5, 0.6) is 0 Å². The Bertz CT molecular complexity index is 1800. The highest BCUT2D eigenvalue weighted by atomic mass is 16.5. The number of carbonyl (C=O) groups excluding carboxylic acids is 3. The highest BCUT2D eigenvalue weighted by Gasteiger charge is 2.49. The number of esters is 2. The fraction of sp³-hybridized carbons (Fsp3) is 0.286. The summed E-state index contributed by atoms with van der Waals surface area (Å²) in [5.41, 5.74) is 6.00. The van der Waals surface area contributed by atoms with Gasteiger partial charge in [-0.05, 0) is 56.5 Å². The maximum Gasteiger partial charge on any atom is 0.336 e. The lowest BCUT2D eigenvalue weighted by Gasteiger charge is -2.39. The molecule has 0 radical (unpaired) electrons. The van der Waals surface area contributed by atoms with Crippen molar-refractivity contribution >= 4 is 39.5 Å². The number of fused-ring (bicyclic) bond motifs is 3. The predicted molar refractivity (Wildman–Crippen MR) is 162 cm³/mol. The van der Waals surface area contributed by atoms with Crippen molar-refractivity contribution in [2.75, 3.05) is 13.2 Å². The maximum atomic E-state index is 14.6. The minimum Gasteiger partial charge on any atom is -0.465 e. The second-order valence-electron chi connectivity index (χ2n) is 10.9. The molecule has 0 saturated heterocycles. The van der Waals surface area contributed by atoms with E-state index in [-0.39, 0.29) is 19.0 Å². The number of nitrogens with zero attached hydrogens (tertiary/aromatic N) is 1. The number of hydrogen-bond acceptors (Lipinski definition) is 6. The van der Waals surface area contributed by atoms with Crippen molar-refractivity contribution in [2.24, 2.45) is 13.0 Å². The standard InChI is InChI=1S/C35H34N2O5/c1-5-41-34(39)29-20(3)36-26-19-24(21-12-8-7-9-13-21)31(35(40)42-6-2)33(38)32(26)30(29)22-16-17-28-25(18-22)23-14-10-11-15-27(23)37(28)4/h7-18,24,30-31,36H,5-6,19H2,1-4H3/t24-,30+,31-/m1/s1. The van der Waals surface area contributed by atoms with E-state index in [9.17, 15) is 14.4 Å². The molecule has 1 aromatic heterocycles. The molecule has 0 amide bonds. The summed E-state index contributed by atoms with van der Waals surface area (Å²) < 4.78 is 13.1. The zero-order valence-electron chi connectivity index (χ0n) is 24.3. The van der Waals surface area contributed by atoms with E-state index in [2.05, 4.69) is 28.1 Å². The van der Waals surface area contributed by atoms with Crippen LogP contribution in [0.2, 0.25) is 0 Å². The lowest BCUT2D eigenvalue weighted by molar-refractivity contribution is -0.152. The van der Waals surface area contributed by atoms with Gasteiger partial charge in [0.25, 0.3) is 0 Å². The molecule has 1 aliphatic carbocycles. The van der Waals surface area contributed by atoms with Gasteiger partial charge in [0.1, 0.15) is 5.92 Å². The summed E-state index contributed by atoms with van der Waals surface area (Å²) in [5, 5.41) is 5.49. The summed E-state index contributed by atoms with van der Waals surface area (Å²) in [5.74, 6) is -3.49. The van der Waals surface area contributed by atoms with Gasteiger partial charge in [0, 0.05) is 57.7 Å². The normalized spacial score (nSPS) is 20.5. The number of aryl methyl sites for hydroxylation is 1. The molecule has 0 saturated carbocycles. The van der Waals surface area contributed by atoms with Crippen LogP contribution < -0.4 is 5.32 Å².